The van der Waals surface area contributed by atoms with Gasteiger partial charge in [-0.1, -0.05) is 6.92 Å². The number of aromatic nitrogens is 4. The van der Waals surface area contributed by atoms with Crippen molar-refractivity contribution in [3.63, 3.8) is 0 Å². The fraction of sp³-hybridized carbons (Fsp3) is 0.600. The highest BCUT2D eigenvalue weighted by Crippen LogP contribution is 2.30. The van der Waals surface area contributed by atoms with Gasteiger partial charge in [0.05, 0.1) is 11.7 Å². The molecular formula is C15H22F3N5O2S. The molecule has 146 valence electrons. The van der Waals surface area contributed by atoms with Crippen LogP contribution in [-0.4, -0.2) is 34.5 Å². The number of aryl methyl sites for hydroxylation is 3. The van der Waals surface area contributed by atoms with Crippen LogP contribution in [0.1, 0.15) is 42.9 Å². The fourth-order valence-corrected chi connectivity index (χ4v) is 4.04. The number of rotatable bonds is 7. The first-order valence-electron chi connectivity index (χ1n) is 8.09. The average molecular weight is 393 g/mol. The molecule has 1 N–H and O–H groups in total. The van der Waals surface area contributed by atoms with Crippen LogP contribution in [0, 0.1) is 13.8 Å². The van der Waals surface area contributed by atoms with Crippen molar-refractivity contribution >= 4 is 10.0 Å². The van der Waals surface area contributed by atoms with E-state index in [4.69, 9.17) is 0 Å². The highest BCUT2D eigenvalue weighted by Gasteiger charge is 2.35. The van der Waals surface area contributed by atoms with Gasteiger partial charge in [-0.25, -0.2) is 13.1 Å². The lowest BCUT2D eigenvalue weighted by Crippen LogP contribution is -2.27. The SMILES string of the molecule is CC[C@@H](CCNS(=O)(=O)c1cn(C)nc1C)n1nc(C(F)(F)F)cc1C. The van der Waals surface area contributed by atoms with Gasteiger partial charge in [0, 0.05) is 25.5 Å². The van der Waals surface area contributed by atoms with Gasteiger partial charge in [-0.2, -0.15) is 23.4 Å². The van der Waals surface area contributed by atoms with Crippen molar-refractivity contribution in [1.29, 1.82) is 0 Å². The summed E-state index contributed by atoms with van der Waals surface area (Å²) in [6.07, 6.45) is -2.27. The maximum Gasteiger partial charge on any atom is 0.435 e. The smallest absolute Gasteiger partial charge is 0.274 e. The van der Waals surface area contributed by atoms with E-state index in [2.05, 4.69) is 14.9 Å². The molecule has 0 aliphatic carbocycles. The van der Waals surface area contributed by atoms with E-state index in [1.807, 2.05) is 6.92 Å². The lowest BCUT2D eigenvalue weighted by Gasteiger charge is -2.18. The van der Waals surface area contributed by atoms with Crippen molar-refractivity contribution in [3.8, 4) is 0 Å². The Bertz CT molecular complexity index is 870. The number of nitrogens with zero attached hydrogens (tertiary/aromatic N) is 4. The number of hydrogen-bond donors (Lipinski definition) is 1. The minimum absolute atomic E-state index is 0.0792. The molecule has 0 spiro atoms. The van der Waals surface area contributed by atoms with E-state index < -0.39 is 21.9 Å². The molecule has 2 rings (SSSR count). The second-order valence-electron chi connectivity index (χ2n) is 6.11. The minimum Gasteiger partial charge on any atom is -0.274 e. The molecule has 0 radical (unpaired) electrons. The van der Waals surface area contributed by atoms with E-state index >= 15 is 0 Å². The summed E-state index contributed by atoms with van der Waals surface area (Å²) < 4.78 is 68.3. The largest absolute Gasteiger partial charge is 0.435 e. The molecular weight excluding hydrogens is 371 g/mol. The molecule has 0 saturated carbocycles. The summed E-state index contributed by atoms with van der Waals surface area (Å²) >= 11 is 0. The Labute approximate surface area is 150 Å². The van der Waals surface area contributed by atoms with Crippen LogP contribution in [0.2, 0.25) is 0 Å². The van der Waals surface area contributed by atoms with Crippen molar-refractivity contribution in [3.05, 3.63) is 29.3 Å². The topological polar surface area (TPSA) is 81.8 Å². The zero-order valence-corrected chi connectivity index (χ0v) is 15.8. The van der Waals surface area contributed by atoms with E-state index in [9.17, 15) is 21.6 Å². The summed E-state index contributed by atoms with van der Waals surface area (Å²) in [7, 11) is -2.10. The van der Waals surface area contributed by atoms with E-state index in [-0.39, 0.29) is 17.5 Å². The molecule has 0 unspecified atom stereocenters. The molecule has 1 atom stereocenters. The Balaban J connectivity index is 2.08. The predicted molar refractivity (Wildman–Crippen MR) is 89.0 cm³/mol. The first kappa shape index (κ1) is 20.4. The highest BCUT2D eigenvalue weighted by atomic mass is 32.2. The van der Waals surface area contributed by atoms with Crippen LogP contribution in [0.25, 0.3) is 0 Å². The quantitative estimate of drug-likeness (QED) is 0.784. The Morgan fingerprint density at radius 1 is 1.27 bits per heavy atom. The van der Waals surface area contributed by atoms with Crippen molar-refractivity contribution in [2.45, 2.75) is 50.7 Å². The predicted octanol–water partition coefficient (Wildman–Crippen LogP) is 2.57. The third-order valence-corrected chi connectivity index (χ3v) is 5.62. The first-order chi connectivity index (χ1) is 12.0. The van der Waals surface area contributed by atoms with Crippen molar-refractivity contribution in [2.24, 2.45) is 7.05 Å². The molecule has 2 aromatic rings. The summed E-state index contributed by atoms with van der Waals surface area (Å²) in [5.41, 5.74) is -0.181. The molecule has 7 nitrogen and oxygen atoms in total. The van der Waals surface area contributed by atoms with E-state index in [1.54, 1.807) is 20.9 Å². The highest BCUT2D eigenvalue weighted by molar-refractivity contribution is 7.89. The van der Waals surface area contributed by atoms with Crippen LogP contribution in [0.3, 0.4) is 0 Å². The summed E-state index contributed by atoms with van der Waals surface area (Å²) in [4.78, 5) is 0.0858. The van der Waals surface area contributed by atoms with Crippen LogP contribution in [0.4, 0.5) is 13.2 Å². The Hall–Kier alpha value is -1.88. The number of sulfonamides is 1. The molecule has 0 bridgehead atoms. The summed E-state index contributed by atoms with van der Waals surface area (Å²) in [6.45, 7) is 5.04. The van der Waals surface area contributed by atoms with E-state index in [1.165, 1.54) is 15.6 Å². The van der Waals surface area contributed by atoms with Crippen LogP contribution in [0.15, 0.2) is 17.2 Å². The summed E-state index contributed by atoms with van der Waals surface area (Å²) in [5, 5.41) is 7.64. The molecule has 0 aliphatic rings. The fourth-order valence-electron chi connectivity index (χ4n) is 2.77. The van der Waals surface area contributed by atoms with Crippen LogP contribution in [-0.2, 0) is 23.2 Å². The van der Waals surface area contributed by atoms with Crippen LogP contribution < -0.4 is 4.72 Å². The molecule has 2 heterocycles. The molecule has 0 fully saturated rings. The standard InChI is InChI=1S/C15H22F3N5O2S/c1-5-12(23-10(2)8-14(21-23)15(16,17)18)6-7-19-26(24,25)13-9-22(4)20-11(13)3/h8-9,12,19H,5-7H2,1-4H3/t12-/m0/s1. The maximum atomic E-state index is 12.8. The van der Waals surface area contributed by atoms with Gasteiger partial charge in [0.15, 0.2) is 5.69 Å². The molecule has 2 aromatic heterocycles. The number of hydrogen-bond acceptors (Lipinski definition) is 4. The lowest BCUT2D eigenvalue weighted by atomic mass is 10.1. The zero-order valence-electron chi connectivity index (χ0n) is 15.0. The third kappa shape index (κ3) is 4.44. The normalized spacial score (nSPS) is 14.0. The first-order valence-corrected chi connectivity index (χ1v) is 9.57. The molecule has 0 aromatic carbocycles. The Morgan fingerprint density at radius 2 is 1.92 bits per heavy atom. The van der Waals surface area contributed by atoms with Crippen molar-refractivity contribution in [1.82, 2.24) is 24.3 Å². The molecule has 0 amide bonds. The number of halogens is 3. The molecule has 11 heteroatoms. The van der Waals surface area contributed by atoms with Crippen molar-refractivity contribution in [2.75, 3.05) is 6.54 Å². The van der Waals surface area contributed by atoms with Gasteiger partial charge < -0.3 is 0 Å². The van der Waals surface area contributed by atoms with E-state index in [0.29, 0.717) is 24.2 Å². The Morgan fingerprint density at radius 3 is 2.38 bits per heavy atom. The number of nitrogens with one attached hydrogen (secondary N) is 1. The molecule has 0 saturated heterocycles. The number of alkyl halides is 3. The average Bonchev–Trinajstić information content (AvgIpc) is 3.06. The maximum absolute atomic E-state index is 12.8. The van der Waals surface area contributed by atoms with Gasteiger partial charge in [0.25, 0.3) is 0 Å². The monoisotopic (exact) mass is 393 g/mol. The second kappa shape index (κ2) is 7.39. The second-order valence-corrected chi connectivity index (χ2v) is 7.85. The lowest BCUT2D eigenvalue weighted by molar-refractivity contribution is -0.141. The summed E-state index contributed by atoms with van der Waals surface area (Å²) in [5.74, 6) is 0. The van der Waals surface area contributed by atoms with Gasteiger partial charge in [0.2, 0.25) is 10.0 Å². The zero-order chi connectivity index (χ0) is 19.7. The van der Waals surface area contributed by atoms with Crippen LogP contribution >= 0.6 is 0 Å². The van der Waals surface area contributed by atoms with Crippen molar-refractivity contribution < 1.29 is 21.6 Å². The van der Waals surface area contributed by atoms with Gasteiger partial charge in [-0.15, -0.1) is 0 Å². The van der Waals surface area contributed by atoms with Gasteiger partial charge in [-0.3, -0.25) is 9.36 Å². The van der Waals surface area contributed by atoms with Gasteiger partial charge in [-0.05, 0) is 32.8 Å². The minimum atomic E-state index is -4.51. The third-order valence-electron chi connectivity index (χ3n) is 4.06. The van der Waals surface area contributed by atoms with Crippen LogP contribution in [0.5, 0.6) is 0 Å². The molecule has 26 heavy (non-hydrogen) atoms. The van der Waals surface area contributed by atoms with Gasteiger partial charge >= 0.3 is 6.18 Å². The molecule has 0 aliphatic heterocycles. The Kier molecular flexibility index (Phi) is 5.81. The summed E-state index contributed by atoms with van der Waals surface area (Å²) in [6, 6.07) is 0.648. The van der Waals surface area contributed by atoms with Gasteiger partial charge in [0.1, 0.15) is 4.90 Å². The van der Waals surface area contributed by atoms with E-state index in [0.717, 1.165) is 6.07 Å².